The Kier molecular flexibility index (Phi) is 4.92. The molecule has 0 bridgehead atoms. The number of hydrogen-bond acceptors (Lipinski definition) is 4. The van der Waals surface area contributed by atoms with E-state index in [-0.39, 0.29) is 17.2 Å². The molecule has 0 radical (unpaired) electrons. The molecule has 0 amide bonds. The van der Waals surface area contributed by atoms with E-state index in [2.05, 4.69) is 4.74 Å². The summed E-state index contributed by atoms with van der Waals surface area (Å²) in [5.41, 5.74) is 0.164. The molecule has 0 aromatic heterocycles. The lowest BCUT2D eigenvalue weighted by Crippen LogP contribution is -2.23. The first-order valence-electron chi connectivity index (χ1n) is 7.28. The minimum Gasteiger partial charge on any atom is -0.481 e. The van der Waals surface area contributed by atoms with Gasteiger partial charge in [0.05, 0.1) is 4.92 Å². The summed E-state index contributed by atoms with van der Waals surface area (Å²) in [5.74, 6) is -0.239. The Morgan fingerprint density at radius 1 is 0.920 bits per heavy atom. The van der Waals surface area contributed by atoms with Gasteiger partial charge in [-0.1, -0.05) is 18.2 Å². The number of halogens is 3. The summed E-state index contributed by atoms with van der Waals surface area (Å²) in [7, 11) is 0. The van der Waals surface area contributed by atoms with Gasteiger partial charge in [-0.3, -0.25) is 10.1 Å². The van der Waals surface area contributed by atoms with E-state index in [0.717, 1.165) is 12.1 Å². The molecule has 0 saturated heterocycles. The molecule has 0 spiro atoms. The quantitative estimate of drug-likeness (QED) is 0.549. The fraction of sp³-hybridized carbons (Fsp3) is 0.294. The van der Waals surface area contributed by atoms with E-state index in [1.807, 2.05) is 0 Å². The third kappa shape index (κ3) is 5.37. The third-order valence-corrected chi connectivity index (χ3v) is 2.99. The highest BCUT2D eigenvalue weighted by atomic mass is 19.4. The lowest BCUT2D eigenvalue weighted by Gasteiger charge is -2.21. The summed E-state index contributed by atoms with van der Waals surface area (Å²) in [6.07, 6.45) is -4.77. The molecule has 2 rings (SSSR count). The van der Waals surface area contributed by atoms with Gasteiger partial charge in [0.2, 0.25) is 0 Å². The van der Waals surface area contributed by atoms with E-state index < -0.39 is 16.9 Å². The zero-order valence-electron chi connectivity index (χ0n) is 13.8. The predicted molar refractivity (Wildman–Crippen MR) is 85.6 cm³/mol. The third-order valence-electron chi connectivity index (χ3n) is 2.99. The van der Waals surface area contributed by atoms with Crippen LogP contribution in [0.4, 0.5) is 18.9 Å². The highest BCUT2D eigenvalue weighted by molar-refractivity contribution is 5.69. The molecule has 0 heterocycles. The van der Waals surface area contributed by atoms with Gasteiger partial charge in [-0.2, -0.15) is 0 Å². The molecule has 0 fully saturated rings. The van der Waals surface area contributed by atoms with Crippen molar-refractivity contribution in [3.63, 3.8) is 0 Å². The zero-order chi connectivity index (χ0) is 18.8. The molecule has 5 nitrogen and oxygen atoms in total. The molecule has 2 aromatic carbocycles. The zero-order valence-corrected chi connectivity index (χ0v) is 13.8. The maximum absolute atomic E-state index is 12.2. The Labute approximate surface area is 142 Å². The maximum Gasteiger partial charge on any atom is 0.573 e. The average Bonchev–Trinajstić information content (AvgIpc) is 2.45. The number of alkyl halides is 3. The molecule has 0 saturated carbocycles. The number of nitro benzene ring substituents is 1. The Hall–Kier alpha value is -2.77. The van der Waals surface area contributed by atoms with Gasteiger partial charge in [0.15, 0.2) is 5.75 Å². The molecule has 0 atom stereocenters. The van der Waals surface area contributed by atoms with Crippen molar-refractivity contribution >= 4 is 5.69 Å². The van der Waals surface area contributed by atoms with Crippen molar-refractivity contribution in [3.8, 4) is 22.6 Å². The van der Waals surface area contributed by atoms with Crippen LogP contribution in [0, 0.1) is 10.1 Å². The topological polar surface area (TPSA) is 61.6 Å². The number of rotatable bonds is 4. The van der Waals surface area contributed by atoms with Gasteiger partial charge >= 0.3 is 12.0 Å². The van der Waals surface area contributed by atoms with Crippen molar-refractivity contribution in [2.75, 3.05) is 0 Å². The van der Waals surface area contributed by atoms with Crippen molar-refractivity contribution in [2.45, 2.75) is 32.7 Å². The van der Waals surface area contributed by atoms with E-state index >= 15 is 0 Å². The van der Waals surface area contributed by atoms with Crippen LogP contribution in [-0.2, 0) is 0 Å². The second kappa shape index (κ2) is 6.62. The fourth-order valence-electron chi connectivity index (χ4n) is 2.10. The van der Waals surface area contributed by atoms with Crippen LogP contribution in [0.2, 0.25) is 0 Å². The van der Waals surface area contributed by atoms with Gasteiger partial charge in [-0.15, -0.1) is 13.2 Å². The molecule has 8 heteroatoms. The molecule has 0 aliphatic rings. The smallest absolute Gasteiger partial charge is 0.481 e. The van der Waals surface area contributed by atoms with Gasteiger partial charge < -0.3 is 9.47 Å². The monoisotopic (exact) mass is 355 g/mol. The van der Waals surface area contributed by atoms with Crippen LogP contribution in [0.5, 0.6) is 11.5 Å². The summed E-state index contributed by atoms with van der Waals surface area (Å²) >= 11 is 0. The van der Waals surface area contributed by atoms with Crippen LogP contribution >= 0.6 is 0 Å². The Balaban J connectivity index is 2.33. The van der Waals surface area contributed by atoms with Crippen molar-refractivity contribution in [1.82, 2.24) is 0 Å². The highest BCUT2D eigenvalue weighted by Gasteiger charge is 2.31. The minimum atomic E-state index is -4.77. The molecule has 0 aliphatic heterocycles. The van der Waals surface area contributed by atoms with Crippen molar-refractivity contribution in [1.29, 1.82) is 0 Å². The van der Waals surface area contributed by atoms with Gasteiger partial charge in [-0.05, 0) is 50.1 Å². The van der Waals surface area contributed by atoms with Crippen LogP contribution in [0.25, 0.3) is 11.1 Å². The van der Waals surface area contributed by atoms with E-state index in [9.17, 15) is 23.3 Å². The number of hydrogen-bond donors (Lipinski definition) is 0. The van der Waals surface area contributed by atoms with Crippen molar-refractivity contribution in [3.05, 3.63) is 52.6 Å². The fourth-order valence-corrected chi connectivity index (χ4v) is 2.10. The number of nitro groups is 1. The first-order valence-corrected chi connectivity index (χ1v) is 7.28. The Bertz CT molecular complexity index is 765. The normalized spacial score (nSPS) is 11.9. The predicted octanol–water partition coefficient (Wildman–Crippen LogP) is 5.34. The molecular weight excluding hydrogens is 339 g/mol. The van der Waals surface area contributed by atoms with E-state index in [1.54, 1.807) is 26.8 Å². The van der Waals surface area contributed by atoms with Crippen molar-refractivity contribution < 1.29 is 27.6 Å². The number of ether oxygens (including phenoxy) is 2. The van der Waals surface area contributed by atoms with Gasteiger partial charge in [-0.25, -0.2) is 0 Å². The minimum absolute atomic E-state index is 0.123. The summed E-state index contributed by atoms with van der Waals surface area (Å²) in [6, 6.07) is 9.48. The average molecular weight is 355 g/mol. The molecule has 2 aromatic rings. The summed E-state index contributed by atoms with van der Waals surface area (Å²) in [6.45, 7) is 5.30. The molecule has 25 heavy (non-hydrogen) atoms. The Morgan fingerprint density at radius 2 is 1.48 bits per heavy atom. The van der Waals surface area contributed by atoms with Gasteiger partial charge in [0.1, 0.15) is 11.4 Å². The molecule has 0 unspecified atom stereocenters. The second-order valence-corrected chi connectivity index (χ2v) is 6.23. The van der Waals surface area contributed by atoms with Gasteiger partial charge in [0.25, 0.3) is 0 Å². The second-order valence-electron chi connectivity index (χ2n) is 6.23. The first kappa shape index (κ1) is 18.6. The standard InChI is InChI=1S/C17H16F3NO4/c1-16(2,3)25-15-9-6-12(10-14(15)21(22)23)11-4-7-13(8-5-11)24-17(18,19)20/h4-10H,1-3H3. The van der Waals surface area contributed by atoms with Crippen LogP contribution in [0.15, 0.2) is 42.5 Å². The first-order chi connectivity index (χ1) is 11.4. The summed E-state index contributed by atoms with van der Waals surface area (Å²) < 4.78 is 45.9. The molecule has 0 N–H and O–H groups in total. The van der Waals surface area contributed by atoms with Gasteiger partial charge in [0, 0.05) is 6.07 Å². The van der Waals surface area contributed by atoms with Crippen LogP contribution in [0.3, 0.4) is 0 Å². The largest absolute Gasteiger partial charge is 0.573 e. The SMILES string of the molecule is CC(C)(C)Oc1ccc(-c2ccc(OC(F)(F)F)cc2)cc1[N+](=O)[O-]. The van der Waals surface area contributed by atoms with E-state index in [4.69, 9.17) is 4.74 Å². The van der Waals surface area contributed by atoms with Crippen LogP contribution in [-0.4, -0.2) is 16.9 Å². The number of nitrogens with zero attached hydrogens (tertiary/aromatic N) is 1. The van der Waals surface area contributed by atoms with Crippen molar-refractivity contribution in [2.24, 2.45) is 0 Å². The van der Waals surface area contributed by atoms with E-state index in [0.29, 0.717) is 11.1 Å². The molecule has 134 valence electrons. The highest BCUT2D eigenvalue weighted by Crippen LogP contribution is 2.35. The Morgan fingerprint density at radius 3 is 1.96 bits per heavy atom. The number of benzene rings is 2. The van der Waals surface area contributed by atoms with E-state index in [1.165, 1.54) is 24.3 Å². The molecular formula is C17H16F3NO4. The van der Waals surface area contributed by atoms with Crippen LogP contribution < -0.4 is 9.47 Å². The molecule has 0 aliphatic carbocycles. The lowest BCUT2D eigenvalue weighted by molar-refractivity contribution is -0.386. The lowest BCUT2D eigenvalue weighted by atomic mass is 10.0. The van der Waals surface area contributed by atoms with Crippen LogP contribution in [0.1, 0.15) is 20.8 Å². The summed E-state index contributed by atoms with van der Waals surface area (Å²) in [4.78, 5) is 10.7. The maximum atomic E-state index is 12.2. The summed E-state index contributed by atoms with van der Waals surface area (Å²) in [5, 5.41) is 11.3.